The Morgan fingerprint density at radius 1 is 1.18 bits per heavy atom. The topological polar surface area (TPSA) is 127 Å². The fraction of sp³-hybridized carbons (Fsp3) is 0.360. The Kier molecular flexibility index (Phi) is 8.50. The third-order valence-electron chi connectivity index (χ3n) is 6.75. The summed E-state index contributed by atoms with van der Waals surface area (Å²) in [5, 5.41) is 15.4. The van der Waals surface area contributed by atoms with Crippen molar-refractivity contribution in [1.29, 1.82) is 0 Å². The first-order chi connectivity index (χ1) is 17.7. The van der Waals surface area contributed by atoms with E-state index in [4.69, 9.17) is 32.9 Å². The van der Waals surface area contributed by atoms with E-state index in [0.717, 1.165) is 10.7 Å². The maximum Gasteiger partial charge on any atom is 1.00 e. The molecule has 0 radical (unpaired) electrons. The second kappa shape index (κ2) is 11.3. The number of aromatic nitrogens is 2. The number of fused-ring (bicyclic) bond motifs is 1. The van der Waals surface area contributed by atoms with Gasteiger partial charge in [-0.3, -0.25) is 4.79 Å². The van der Waals surface area contributed by atoms with E-state index in [2.05, 4.69) is 15.2 Å². The van der Waals surface area contributed by atoms with Gasteiger partial charge in [-0.05, 0) is 25.0 Å². The zero-order valence-electron chi connectivity index (χ0n) is 21.0. The molecule has 0 unspecified atom stereocenters. The minimum atomic E-state index is -1.24. The van der Waals surface area contributed by atoms with E-state index in [1.807, 2.05) is 0 Å². The van der Waals surface area contributed by atoms with Gasteiger partial charge in [0.1, 0.15) is 10.6 Å². The molecule has 5 rings (SSSR count). The normalized spacial score (nSPS) is 19.5. The van der Waals surface area contributed by atoms with Gasteiger partial charge in [0, 0.05) is 43.1 Å². The Labute approximate surface area is 245 Å². The number of hydrogen-bond donors (Lipinski definition) is 2. The summed E-state index contributed by atoms with van der Waals surface area (Å²) in [4.78, 5) is 46.6. The molecule has 2 aliphatic rings. The minimum Gasteiger partial charge on any atom is -0.545 e. The standard InChI is InChI=1S/C25H24Cl2N4O5S.Li/c1-3-36-24(35)21-16(8-12-4-6-13(7-5-12)23(33)34)29-25(37-21)31-9-14-15(10-31)19(14)30-22(32)20-18(27)17(26)11(2)28-20;/h4-7,14-15,19,28H,3,8-10H2,1-2H3,(H,30,32)(H,33,34);/q;+1/p-1/t14-,15+,19-;. The van der Waals surface area contributed by atoms with Crippen LogP contribution in [0.3, 0.4) is 0 Å². The van der Waals surface area contributed by atoms with Crippen molar-refractivity contribution in [3.05, 3.63) is 67.4 Å². The Hall–Kier alpha value is -2.48. The van der Waals surface area contributed by atoms with Crippen molar-refractivity contribution < 1.29 is 43.1 Å². The average molecular weight is 569 g/mol. The van der Waals surface area contributed by atoms with Gasteiger partial charge in [-0.2, -0.15) is 0 Å². The number of aromatic amines is 1. The summed E-state index contributed by atoms with van der Waals surface area (Å²) in [7, 11) is 0. The van der Waals surface area contributed by atoms with Crippen LogP contribution >= 0.6 is 34.5 Å². The van der Waals surface area contributed by atoms with Gasteiger partial charge in [-0.1, -0.05) is 58.8 Å². The number of carboxylic acid groups (broad SMARTS) is 1. The molecule has 0 bridgehead atoms. The van der Waals surface area contributed by atoms with Gasteiger partial charge >= 0.3 is 24.8 Å². The maximum atomic E-state index is 12.7. The molecule has 38 heavy (non-hydrogen) atoms. The molecule has 1 aliphatic heterocycles. The molecule has 2 aromatic heterocycles. The molecule has 1 aliphatic carbocycles. The second-order valence-electron chi connectivity index (χ2n) is 9.14. The van der Waals surface area contributed by atoms with Crippen LogP contribution in [0, 0.1) is 18.8 Å². The molecular weight excluding hydrogens is 546 g/mol. The van der Waals surface area contributed by atoms with Gasteiger partial charge in [-0.25, -0.2) is 9.78 Å². The summed E-state index contributed by atoms with van der Waals surface area (Å²) in [6.45, 7) is 5.14. The largest absolute Gasteiger partial charge is 1.00 e. The fourth-order valence-corrected chi connectivity index (χ4v) is 6.16. The van der Waals surface area contributed by atoms with Crippen LogP contribution in [0.5, 0.6) is 0 Å². The number of carbonyl (C=O) groups is 3. The van der Waals surface area contributed by atoms with E-state index in [0.29, 0.717) is 40.8 Å². The van der Waals surface area contributed by atoms with Crippen molar-refractivity contribution in [3.63, 3.8) is 0 Å². The van der Waals surface area contributed by atoms with Crippen molar-refractivity contribution in [3.8, 4) is 0 Å². The average Bonchev–Trinajstić information content (AvgIpc) is 3.22. The molecule has 1 saturated carbocycles. The van der Waals surface area contributed by atoms with Gasteiger partial charge in [0.05, 0.1) is 28.3 Å². The smallest absolute Gasteiger partial charge is 0.545 e. The number of piperidine rings is 1. The molecule has 194 valence electrons. The molecule has 13 heteroatoms. The molecule has 9 nitrogen and oxygen atoms in total. The van der Waals surface area contributed by atoms with Crippen LogP contribution in [0.2, 0.25) is 10.0 Å². The molecule has 2 N–H and O–H groups in total. The van der Waals surface area contributed by atoms with Crippen molar-refractivity contribution in [2.45, 2.75) is 26.3 Å². The number of anilines is 1. The van der Waals surface area contributed by atoms with Crippen LogP contribution in [0.4, 0.5) is 5.13 Å². The third kappa shape index (κ3) is 5.47. The van der Waals surface area contributed by atoms with Crippen LogP contribution in [-0.2, 0) is 11.2 Å². The predicted molar refractivity (Wildman–Crippen MR) is 138 cm³/mol. The summed E-state index contributed by atoms with van der Waals surface area (Å²) in [6.07, 6.45) is 0.357. The van der Waals surface area contributed by atoms with Gasteiger partial charge in [0.2, 0.25) is 0 Å². The van der Waals surface area contributed by atoms with Crippen molar-refractivity contribution >= 4 is 57.5 Å². The number of amides is 1. The summed E-state index contributed by atoms with van der Waals surface area (Å²) in [6, 6.07) is 6.35. The number of rotatable bonds is 8. The summed E-state index contributed by atoms with van der Waals surface area (Å²) in [5.74, 6) is -1.42. The van der Waals surface area contributed by atoms with E-state index < -0.39 is 11.9 Å². The number of nitrogens with one attached hydrogen (secondary N) is 2. The molecule has 1 aromatic carbocycles. The monoisotopic (exact) mass is 568 g/mol. The molecule has 3 aromatic rings. The Balaban J connectivity index is 0.00000336. The Morgan fingerprint density at radius 2 is 1.84 bits per heavy atom. The van der Waals surface area contributed by atoms with E-state index >= 15 is 0 Å². The molecule has 0 spiro atoms. The molecular formula is C25H23Cl2LiN4O5S. The number of nitrogens with zero attached hydrogens (tertiary/aromatic N) is 2. The first-order valence-corrected chi connectivity index (χ1v) is 13.3. The van der Waals surface area contributed by atoms with Gasteiger partial charge < -0.3 is 29.8 Å². The van der Waals surface area contributed by atoms with E-state index in [1.54, 1.807) is 26.0 Å². The van der Waals surface area contributed by atoms with E-state index in [1.165, 1.54) is 23.5 Å². The number of thiazole rings is 1. The van der Waals surface area contributed by atoms with Crippen molar-refractivity contribution in [1.82, 2.24) is 15.3 Å². The second-order valence-corrected chi connectivity index (χ2v) is 10.9. The molecule has 3 heterocycles. The number of carbonyl (C=O) groups excluding carboxylic acids is 3. The zero-order valence-corrected chi connectivity index (χ0v) is 23.3. The number of hydrogen-bond acceptors (Lipinski definition) is 8. The number of halogens is 2. The van der Waals surface area contributed by atoms with Crippen LogP contribution < -0.4 is 34.2 Å². The summed E-state index contributed by atoms with van der Waals surface area (Å²) >= 11 is 13.6. The van der Waals surface area contributed by atoms with Crippen LogP contribution in [-0.4, -0.2) is 53.6 Å². The maximum absolute atomic E-state index is 12.7. The number of esters is 1. The molecule has 3 atom stereocenters. The quantitative estimate of drug-likeness (QED) is 0.291. The number of carboxylic acids is 1. The SMILES string of the molecule is CCOC(=O)c1sc(N2C[C@@H]3[C@H](C2)[C@@H]3NC(=O)c2[nH]c(C)c(Cl)c2Cl)nc1Cc1ccc(C(=O)[O-])cc1.[Li+]. The van der Waals surface area contributed by atoms with Crippen molar-refractivity contribution in [2.24, 2.45) is 11.8 Å². The number of H-pyrrole nitrogens is 1. The first-order valence-electron chi connectivity index (χ1n) is 11.7. The Morgan fingerprint density at radius 3 is 2.39 bits per heavy atom. The van der Waals surface area contributed by atoms with E-state index in [9.17, 15) is 19.5 Å². The first kappa shape index (κ1) is 28.5. The molecule has 2 fully saturated rings. The zero-order chi connectivity index (χ0) is 26.4. The summed E-state index contributed by atoms with van der Waals surface area (Å²) < 4.78 is 5.24. The van der Waals surface area contributed by atoms with Crippen molar-refractivity contribution in [2.75, 3.05) is 24.6 Å². The Bertz CT molecular complexity index is 1380. The number of ether oxygens (including phenoxy) is 1. The molecule has 1 saturated heterocycles. The predicted octanol–water partition coefficient (Wildman–Crippen LogP) is 0.0860. The van der Waals surface area contributed by atoms with Gasteiger partial charge in [-0.15, -0.1) is 0 Å². The van der Waals surface area contributed by atoms with Crippen LogP contribution in [0.15, 0.2) is 24.3 Å². The van der Waals surface area contributed by atoms with Crippen LogP contribution in [0.1, 0.15) is 54.4 Å². The van der Waals surface area contributed by atoms with Gasteiger partial charge in [0.15, 0.2) is 5.13 Å². The van der Waals surface area contributed by atoms with Crippen LogP contribution in [0.25, 0.3) is 0 Å². The minimum absolute atomic E-state index is 0. The molecule has 1 amide bonds. The van der Waals surface area contributed by atoms with E-state index in [-0.39, 0.29) is 65.5 Å². The number of aromatic carboxylic acids is 1. The third-order valence-corrected chi connectivity index (χ3v) is 8.84. The number of aryl methyl sites for hydroxylation is 1. The van der Waals surface area contributed by atoms with Gasteiger partial charge in [0.25, 0.3) is 5.91 Å². The fourth-order valence-electron chi connectivity index (χ4n) is 4.75. The summed E-state index contributed by atoms with van der Waals surface area (Å²) in [5.41, 5.74) is 2.40. The number of benzene rings is 1.